The van der Waals surface area contributed by atoms with Crippen molar-refractivity contribution in [1.29, 1.82) is 0 Å². The number of anilines is 1. The lowest BCUT2D eigenvalue weighted by Gasteiger charge is -2.04. The van der Waals surface area contributed by atoms with E-state index in [4.69, 9.17) is 4.74 Å². The fraction of sp³-hybridized carbons (Fsp3) is 0.273. The smallest absolute Gasteiger partial charge is 0.221 e. The molecule has 0 saturated heterocycles. The zero-order valence-electron chi connectivity index (χ0n) is 9.44. The summed E-state index contributed by atoms with van der Waals surface area (Å²) < 4.78 is 5.25. The molecule has 0 spiro atoms. The highest BCUT2D eigenvalue weighted by Crippen LogP contribution is 2.36. The number of nitrogens with zero attached hydrogens (tertiary/aromatic N) is 2. The predicted octanol–water partition coefficient (Wildman–Crippen LogP) is 2.56. The number of methoxy groups -OCH3 is 1. The summed E-state index contributed by atoms with van der Waals surface area (Å²) in [7, 11) is 3.49. The Morgan fingerprint density at radius 2 is 2.25 bits per heavy atom. The van der Waals surface area contributed by atoms with Gasteiger partial charge in [-0.3, -0.25) is 0 Å². The number of aryl methyl sites for hydroxylation is 1. The van der Waals surface area contributed by atoms with Gasteiger partial charge >= 0.3 is 0 Å². The molecule has 2 aromatic rings. The first kappa shape index (κ1) is 10.9. The summed E-state index contributed by atoms with van der Waals surface area (Å²) >= 11 is 1.60. The van der Waals surface area contributed by atoms with Crippen molar-refractivity contribution in [2.75, 3.05) is 19.5 Å². The maximum absolute atomic E-state index is 5.25. The number of hydrogen-bond donors (Lipinski definition) is 1. The highest BCUT2D eigenvalue weighted by Gasteiger charge is 2.13. The summed E-state index contributed by atoms with van der Waals surface area (Å²) in [5.41, 5.74) is 1.97. The van der Waals surface area contributed by atoms with E-state index in [1.54, 1.807) is 24.6 Å². The second-order valence-corrected chi connectivity index (χ2v) is 4.24. The average Bonchev–Trinajstić information content (AvgIpc) is 2.70. The number of hydrogen-bond acceptors (Lipinski definition) is 5. The van der Waals surface area contributed by atoms with E-state index < -0.39 is 0 Å². The molecule has 0 fully saturated rings. The predicted molar refractivity (Wildman–Crippen MR) is 66.2 cm³/mol. The Kier molecular flexibility index (Phi) is 3.05. The maximum atomic E-state index is 5.25. The summed E-state index contributed by atoms with van der Waals surface area (Å²) in [4.78, 5) is 9.68. The largest absolute Gasteiger partial charge is 0.481 e. The summed E-state index contributed by atoms with van der Waals surface area (Å²) in [6, 6.07) is 3.89. The van der Waals surface area contributed by atoms with Crippen LogP contribution in [0, 0.1) is 6.92 Å². The topological polar surface area (TPSA) is 47.0 Å². The normalized spacial score (nSPS) is 10.2. The van der Waals surface area contributed by atoms with Crippen LogP contribution in [0.4, 0.5) is 5.13 Å². The van der Waals surface area contributed by atoms with Crippen molar-refractivity contribution in [3.05, 3.63) is 24.0 Å². The number of rotatable bonds is 3. The van der Waals surface area contributed by atoms with E-state index in [1.807, 2.05) is 26.1 Å². The van der Waals surface area contributed by atoms with Gasteiger partial charge in [-0.25, -0.2) is 9.97 Å². The Morgan fingerprint density at radius 3 is 2.88 bits per heavy atom. The zero-order valence-corrected chi connectivity index (χ0v) is 10.3. The molecule has 2 heterocycles. The molecule has 0 atom stereocenters. The van der Waals surface area contributed by atoms with Crippen molar-refractivity contribution in [2.24, 2.45) is 0 Å². The van der Waals surface area contributed by atoms with Crippen molar-refractivity contribution >= 4 is 16.5 Å². The molecule has 0 aliphatic carbocycles. The second-order valence-electron chi connectivity index (χ2n) is 3.24. The molecule has 0 aliphatic heterocycles. The van der Waals surface area contributed by atoms with E-state index in [0.29, 0.717) is 5.88 Å². The van der Waals surface area contributed by atoms with Crippen molar-refractivity contribution in [2.45, 2.75) is 6.92 Å². The fourth-order valence-corrected chi connectivity index (χ4v) is 2.42. The first-order valence-electron chi connectivity index (χ1n) is 4.90. The van der Waals surface area contributed by atoms with Crippen LogP contribution in [0.2, 0.25) is 0 Å². The van der Waals surface area contributed by atoms with Gasteiger partial charge < -0.3 is 10.1 Å². The molecule has 4 nitrogen and oxygen atoms in total. The lowest BCUT2D eigenvalue weighted by atomic mass is 10.2. The van der Waals surface area contributed by atoms with Gasteiger partial charge in [-0.1, -0.05) is 11.3 Å². The molecule has 0 aromatic carbocycles. The van der Waals surface area contributed by atoms with Gasteiger partial charge in [0.15, 0.2) is 5.13 Å². The monoisotopic (exact) mass is 235 g/mol. The van der Waals surface area contributed by atoms with Gasteiger partial charge in [0.05, 0.1) is 23.2 Å². The van der Waals surface area contributed by atoms with Crippen LogP contribution in [0.15, 0.2) is 18.3 Å². The van der Waals surface area contributed by atoms with E-state index >= 15 is 0 Å². The number of ether oxygens (including phenoxy) is 1. The van der Waals surface area contributed by atoms with Crippen LogP contribution in [0.1, 0.15) is 5.69 Å². The summed E-state index contributed by atoms with van der Waals surface area (Å²) in [5, 5.41) is 3.94. The average molecular weight is 235 g/mol. The third-order valence-electron chi connectivity index (χ3n) is 2.22. The first-order chi connectivity index (χ1) is 7.76. The highest BCUT2D eigenvalue weighted by atomic mass is 32.1. The molecule has 0 amide bonds. The Labute approximate surface area is 98.3 Å². The van der Waals surface area contributed by atoms with Crippen LogP contribution in [0.3, 0.4) is 0 Å². The van der Waals surface area contributed by atoms with E-state index in [2.05, 4.69) is 15.3 Å². The Bertz CT molecular complexity index is 496. The minimum Gasteiger partial charge on any atom is -0.481 e. The Morgan fingerprint density at radius 1 is 1.44 bits per heavy atom. The minimum atomic E-state index is 0.636. The number of pyridine rings is 1. The van der Waals surface area contributed by atoms with Crippen LogP contribution < -0.4 is 10.1 Å². The van der Waals surface area contributed by atoms with Crippen molar-refractivity contribution < 1.29 is 4.74 Å². The molecule has 0 saturated carbocycles. The van der Waals surface area contributed by atoms with Crippen LogP contribution in [0.5, 0.6) is 5.88 Å². The molecule has 0 radical (unpaired) electrons. The molecular formula is C11H13N3OS. The molecule has 2 rings (SSSR count). The van der Waals surface area contributed by atoms with Crippen molar-refractivity contribution in [3.63, 3.8) is 0 Å². The molecule has 0 bridgehead atoms. The standard InChI is InChI=1S/C11H13N3OS/c1-7-9(16-11(12-2)14-7)8-5-4-6-13-10(8)15-3/h4-6H,1-3H3,(H,12,14). The molecule has 1 N–H and O–H groups in total. The van der Waals surface area contributed by atoms with Gasteiger partial charge in [-0.2, -0.15) is 0 Å². The van der Waals surface area contributed by atoms with E-state index in [9.17, 15) is 0 Å². The SMILES string of the molecule is CNc1nc(C)c(-c2cccnc2OC)s1. The van der Waals surface area contributed by atoms with Crippen LogP contribution >= 0.6 is 11.3 Å². The number of thiazole rings is 1. The zero-order chi connectivity index (χ0) is 11.5. The second kappa shape index (κ2) is 4.49. The van der Waals surface area contributed by atoms with Gasteiger partial charge in [0.2, 0.25) is 5.88 Å². The first-order valence-corrected chi connectivity index (χ1v) is 5.72. The summed E-state index contributed by atoms with van der Waals surface area (Å²) in [6.45, 7) is 1.99. The Balaban J connectivity index is 2.53. The van der Waals surface area contributed by atoms with Crippen LogP contribution in [-0.2, 0) is 0 Å². The van der Waals surface area contributed by atoms with E-state index in [1.165, 1.54) is 0 Å². The molecule has 5 heteroatoms. The quantitative estimate of drug-likeness (QED) is 0.888. The lowest BCUT2D eigenvalue weighted by molar-refractivity contribution is 0.400. The Hall–Kier alpha value is -1.62. The van der Waals surface area contributed by atoms with Crippen molar-refractivity contribution in [3.8, 4) is 16.3 Å². The number of aromatic nitrogens is 2. The van der Waals surface area contributed by atoms with Gasteiger partial charge in [0.1, 0.15) is 0 Å². The molecule has 2 aromatic heterocycles. The van der Waals surface area contributed by atoms with Gasteiger partial charge in [-0.15, -0.1) is 0 Å². The maximum Gasteiger partial charge on any atom is 0.221 e. The van der Waals surface area contributed by atoms with Crippen LogP contribution in [-0.4, -0.2) is 24.1 Å². The third-order valence-corrected chi connectivity index (χ3v) is 3.43. The molecule has 16 heavy (non-hydrogen) atoms. The summed E-state index contributed by atoms with van der Waals surface area (Å²) in [6.07, 6.45) is 1.72. The van der Waals surface area contributed by atoms with E-state index in [-0.39, 0.29) is 0 Å². The van der Waals surface area contributed by atoms with E-state index in [0.717, 1.165) is 21.3 Å². The van der Waals surface area contributed by atoms with Gasteiger partial charge in [-0.05, 0) is 19.1 Å². The number of nitrogens with one attached hydrogen (secondary N) is 1. The molecule has 0 unspecified atom stereocenters. The highest BCUT2D eigenvalue weighted by molar-refractivity contribution is 7.19. The van der Waals surface area contributed by atoms with Gasteiger partial charge in [0.25, 0.3) is 0 Å². The van der Waals surface area contributed by atoms with Crippen LogP contribution in [0.25, 0.3) is 10.4 Å². The molecule has 0 aliphatic rings. The third kappa shape index (κ3) is 1.86. The summed E-state index contributed by atoms with van der Waals surface area (Å²) in [5.74, 6) is 0.636. The van der Waals surface area contributed by atoms with Gasteiger partial charge in [0, 0.05) is 13.2 Å². The lowest BCUT2D eigenvalue weighted by Crippen LogP contribution is -1.90. The molecular weight excluding hydrogens is 222 g/mol. The fourth-order valence-electron chi connectivity index (χ4n) is 1.48. The van der Waals surface area contributed by atoms with Crippen molar-refractivity contribution in [1.82, 2.24) is 9.97 Å². The molecule has 84 valence electrons. The minimum absolute atomic E-state index is 0.636.